The number of carbonyl (C=O) groups excluding carboxylic acids is 1. The van der Waals surface area contributed by atoms with Crippen LogP contribution in [-0.2, 0) is 4.74 Å². The first kappa shape index (κ1) is 14.9. The largest absolute Gasteiger partial charge is 0.444 e. The van der Waals surface area contributed by atoms with Crippen LogP contribution in [0.4, 0.5) is 4.79 Å². The molecule has 0 spiro atoms. The Kier molecular flexibility index (Phi) is 4.13. The van der Waals surface area contributed by atoms with E-state index in [2.05, 4.69) is 11.4 Å². The number of rotatable bonds is 2. The van der Waals surface area contributed by atoms with Gasteiger partial charge in [0, 0.05) is 0 Å². The molecular formula is C17H18N2O2. The lowest BCUT2D eigenvalue weighted by Crippen LogP contribution is -2.34. The van der Waals surface area contributed by atoms with Crippen molar-refractivity contribution in [3.8, 4) is 6.07 Å². The number of benzene rings is 2. The van der Waals surface area contributed by atoms with E-state index in [1.807, 2.05) is 42.5 Å². The summed E-state index contributed by atoms with van der Waals surface area (Å²) in [6.45, 7) is 5.35. The molecular weight excluding hydrogens is 264 g/mol. The van der Waals surface area contributed by atoms with Crippen LogP contribution in [0.3, 0.4) is 0 Å². The lowest BCUT2D eigenvalue weighted by molar-refractivity contribution is 0.0515. The van der Waals surface area contributed by atoms with Crippen molar-refractivity contribution in [1.29, 1.82) is 5.26 Å². The number of fused-ring (bicyclic) bond motifs is 1. The number of ether oxygens (including phenoxy) is 1. The SMILES string of the molecule is CC(C)(C)OC(=O)NC(C#N)c1cccc2ccccc12. The maximum atomic E-state index is 11.9. The summed E-state index contributed by atoms with van der Waals surface area (Å²) in [5, 5.41) is 14.0. The van der Waals surface area contributed by atoms with E-state index < -0.39 is 17.7 Å². The molecule has 21 heavy (non-hydrogen) atoms. The van der Waals surface area contributed by atoms with E-state index in [4.69, 9.17) is 4.74 Å². The zero-order valence-corrected chi connectivity index (χ0v) is 12.4. The third-order valence-corrected chi connectivity index (χ3v) is 2.92. The van der Waals surface area contributed by atoms with Crippen LogP contribution in [0.1, 0.15) is 32.4 Å². The van der Waals surface area contributed by atoms with Gasteiger partial charge in [0.2, 0.25) is 0 Å². The highest BCUT2D eigenvalue weighted by molar-refractivity contribution is 5.87. The first-order chi connectivity index (χ1) is 9.90. The monoisotopic (exact) mass is 282 g/mol. The number of nitriles is 1. The molecule has 2 aromatic rings. The molecule has 1 N–H and O–H groups in total. The number of nitrogens with zero attached hydrogens (tertiary/aromatic N) is 1. The summed E-state index contributed by atoms with van der Waals surface area (Å²) in [5.41, 5.74) is 0.171. The summed E-state index contributed by atoms with van der Waals surface area (Å²) in [6, 6.07) is 14.8. The first-order valence-electron chi connectivity index (χ1n) is 6.77. The van der Waals surface area contributed by atoms with Gasteiger partial charge in [0.05, 0.1) is 6.07 Å². The average molecular weight is 282 g/mol. The highest BCUT2D eigenvalue weighted by Gasteiger charge is 2.21. The summed E-state index contributed by atoms with van der Waals surface area (Å²) >= 11 is 0. The Morgan fingerprint density at radius 3 is 2.52 bits per heavy atom. The highest BCUT2D eigenvalue weighted by Crippen LogP contribution is 2.24. The molecule has 0 heterocycles. The molecule has 0 aromatic heterocycles. The van der Waals surface area contributed by atoms with Gasteiger partial charge in [-0.25, -0.2) is 4.79 Å². The molecule has 1 unspecified atom stereocenters. The van der Waals surface area contributed by atoms with Crippen LogP contribution in [-0.4, -0.2) is 11.7 Å². The second-order valence-electron chi connectivity index (χ2n) is 5.78. The fraction of sp³-hybridized carbons (Fsp3) is 0.294. The standard InChI is InChI=1S/C17H18N2O2/c1-17(2,3)21-16(20)19-15(11-18)14-10-6-8-12-7-4-5-9-13(12)14/h4-10,15H,1-3H3,(H,19,20). The molecule has 2 aromatic carbocycles. The minimum Gasteiger partial charge on any atom is -0.444 e. The van der Waals surface area contributed by atoms with Gasteiger partial charge in [0.25, 0.3) is 0 Å². The van der Waals surface area contributed by atoms with E-state index in [-0.39, 0.29) is 0 Å². The topological polar surface area (TPSA) is 62.1 Å². The number of alkyl carbamates (subject to hydrolysis) is 1. The summed E-state index contributed by atoms with van der Waals surface area (Å²) in [5.74, 6) is 0. The minimum absolute atomic E-state index is 0.594. The predicted octanol–water partition coefficient (Wildman–Crippen LogP) is 3.93. The normalized spacial score (nSPS) is 12.5. The molecule has 0 aliphatic rings. The Morgan fingerprint density at radius 1 is 1.19 bits per heavy atom. The third-order valence-electron chi connectivity index (χ3n) is 2.92. The van der Waals surface area contributed by atoms with Gasteiger partial charge >= 0.3 is 6.09 Å². The molecule has 1 amide bonds. The lowest BCUT2D eigenvalue weighted by atomic mass is 9.99. The molecule has 0 fully saturated rings. The van der Waals surface area contributed by atoms with Gasteiger partial charge in [-0.2, -0.15) is 5.26 Å². The minimum atomic E-state index is -0.744. The van der Waals surface area contributed by atoms with E-state index in [0.717, 1.165) is 16.3 Å². The van der Waals surface area contributed by atoms with Crippen LogP contribution in [0, 0.1) is 11.3 Å². The van der Waals surface area contributed by atoms with Crippen LogP contribution in [0.15, 0.2) is 42.5 Å². The molecule has 0 saturated heterocycles. The number of amides is 1. The first-order valence-corrected chi connectivity index (χ1v) is 6.77. The van der Waals surface area contributed by atoms with Crippen molar-refractivity contribution < 1.29 is 9.53 Å². The molecule has 108 valence electrons. The number of hydrogen-bond donors (Lipinski definition) is 1. The molecule has 0 aliphatic carbocycles. The smallest absolute Gasteiger partial charge is 0.408 e. The molecule has 0 bridgehead atoms. The Hall–Kier alpha value is -2.54. The highest BCUT2D eigenvalue weighted by atomic mass is 16.6. The van der Waals surface area contributed by atoms with Crippen molar-refractivity contribution in [3.63, 3.8) is 0 Å². The molecule has 0 aliphatic heterocycles. The zero-order valence-electron chi connectivity index (χ0n) is 12.4. The van der Waals surface area contributed by atoms with Gasteiger partial charge in [-0.1, -0.05) is 42.5 Å². The number of nitrogens with one attached hydrogen (secondary N) is 1. The van der Waals surface area contributed by atoms with Crippen LogP contribution >= 0.6 is 0 Å². The second-order valence-corrected chi connectivity index (χ2v) is 5.78. The Morgan fingerprint density at radius 2 is 1.86 bits per heavy atom. The molecule has 0 saturated carbocycles. The van der Waals surface area contributed by atoms with Crippen LogP contribution < -0.4 is 5.32 Å². The fourth-order valence-corrected chi connectivity index (χ4v) is 2.11. The van der Waals surface area contributed by atoms with Gasteiger partial charge in [-0.3, -0.25) is 0 Å². The second kappa shape index (κ2) is 5.84. The van der Waals surface area contributed by atoms with Gasteiger partial charge in [0.15, 0.2) is 0 Å². The fourth-order valence-electron chi connectivity index (χ4n) is 2.11. The van der Waals surface area contributed by atoms with Crippen LogP contribution in [0.2, 0.25) is 0 Å². The van der Waals surface area contributed by atoms with Crippen molar-refractivity contribution in [2.75, 3.05) is 0 Å². The van der Waals surface area contributed by atoms with E-state index >= 15 is 0 Å². The third kappa shape index (κ3) is 3.73. The van der Waals surface area contributed by atoms with Crippen LogP contribution in [0.25, 0.3) is 10.8 Å². The molecule has 4 nitrogen and oxygen atoms in total. The van der Waals surface area contributed by atoms with Crippen molar-refractivity contribution in [3.05, 3.63) is 48.0 Å². The summed E-state index contributed by atoms with van der Waals surface area (Å²) in [7, 11) is 0. The zero-order chi connectivity index (χ0) is 15.5. The van der Waals surface area contributed by atoms with Gasteiger partial charge in [0.1, 0.15) is 11.6 Å². The van der Waals surface area contributed by atoms with Crippen molar-refractivity contribution >= 4 is 16.9 Å². The van der Waals surface area contributed by atoms with E-state index in [0.29, 0.717) is 0 Å². The quantitative estimate of drug-likeness (QED) is 0.907. The van der Waals surface area contributed by atoms with Gasteiger partial charge in [-0.15, -0.1) is 0 Å². The van der Waals surface area contributed by atoms with Crippen molar-refractivity contribution in [2.24, 2.45) is 0 Å². The van der Waals surface area contributed by atoms with Crippen molar-refractivity contribution in [1.82, 2.24) is 5.32 Å². The molecule has 1 atom stereocenters. The average Bonchev–Trinajstić information content (AvgIpc) is 2.42. The summed E-state index contributed by atoms with van der Waals surface area (Å²) in [4.78, 5) is 11.9. The van der Waals surface area contributed by atoms with E-state index in [1.165, 1.54) is 0 Å². The molecule has 4 heteroatoms. The van der Waals surface area contributed by atoms with Gasteiger partial charge < -0.3 is 10.1 Å². The Labute approximate surface area is 124 Å². The predicted molar refractivity (Wildman–Crippen MR) is 81.7 cm³/mol. The van der Waals surface area contributed by atoms with Crippen LogP contribution in [0.5, 0.6) is 0 Å². The molecule has 2 rings (SSSR count). The van der Waals surface area contributed by atoms with E-state index in [1.54, 1.807) is 20.8 Å². The van der Waals surface area contributed by atoms with Crippen molar-refractivity contribution in [2.45, 2.75) is 32.4 Å². The molecule has 0 radical (unpaired) electrons. The maximum Gasteiger partial charge on any atom is 0.408 e. The number of carbonyl (C=O) groups is 1. The Balaban J connectivity index is 2.29. The van der Waals surface area contributed by atoms with Gasteiger partial charge in [-0.05, 0) is 37.1 Å². The maximum absolute atomic E-state index is 11.9. The summed E-state index contributed by atoms with van der Waals surface area (Å²) in [6.07, 6.45) is -0.595. The van der Waals surface area contributed by atoms with E-state index in [9.17, 15) is 10.1 Å². The Bertz CT molecular complexity index is 690. The number of hydrogen-bond acceptors (Lipinski definition) is 3. The summed E-state index contributed by atoms with van der Waals surface area (Å²) < 4.78 is 5.20. The lowest BCUT2D eigenvalue weighted by Gasteiger charge is -2.21.